The minimum Gasteiger partial charge on any atom is -0.454 e. The highest BCUT2D eigenvalue weighted by atomic mass is 32.1. The van der Waals surface area contributed by atoms with Crippen molar-refractivity contribution in [3.05, 3.63) is 187 Å². The van der Waals surface area contributed by atoms with Gasteiger partial charge in [0.15, 0.2) is 5.58 Å². The van der Waals surface area contributed by atoms with Gasteiger partial charge in [-0.05, 0) is 103 Å². The number of hydrogen-bond acceptors (Lipinski definition) is 3. The SMILES string of the molecule is CC1(C)c2ccccc2-c2ccc(N(c3ccc(-c4ccc5ccccc5c4)cc3)c3cccc4c3oc3ccc5sc6c7ccccc7ccc6c5c34)cc21. The molecular weight excluding hydrogens is 699 g/mol. The summed E-state index contributed by atoms with van der Waals surface area (Å²) in [4.78, 5) is 2.39. The number of para-hydroxylation sites is 1. The van der Waals surface area contributed by atoms with Crippen molar-refractivity contribution in [2.24, 2.45) is 0 Å². The van der Waals surface area contributed by atoms with Crippen molar-refractivity contribution in [3.63, 3.8) is 0 Å². The van der Waals surface area contributed by atoms with E-state index in [2.05, 4.69) is 195 Å². The third-order valence-electron chi connectivity index (χ3n) is 12.2. The first kappa shape index (κ1) is 31.6. The molecule has 1 aliphatic rings. The van der Waals surface area contributed by atoms with Gasteiger partial charge in [0.1, 0.15) is 5.58 Å². The number of anilines is 3. The number of thiophene rings is 1. The van der Waals surface area contributed by atoms with Gasteiger partial charge in [-0.25, -0.2) is 0 Å². The first-order chi connectivity index (χ1) is 27.5. The van der Waals surface area contributed by atoms with Gasteiger partial charge in [-0.1, -0.05) is 141 Å². The second kappa shape index (κ2) is 11.7. The van der Waals surface area contributed by atoms with Crippen molar-refractivity contribution in [3.8, 4) is 22.3 Å². The molecule has 9 aromatic carbocycles. The zero-order chi connectivity index (χ0) is 37.1. The van der Waals surface area contributed by atoms with E-state index in [1.54, 1.807) is 0 Å². The van der Waals surface area contributed by atoms with Crippen LogP contribution in [0.3, 0.4) is 0 Å². The maximum absolute atomic E-state index is 7.00. The van der Waals surface area contributed by atoms with Crippen LogP contribution in [0.25, 0.3) is 85.9 Å². The Kier molecular flexibility index (Phi) is 6.59. The van der Waals surface area contributed by atoms with Crippen molar-refractivity contribution in [1.29, 1.82) is 0 Å². The lowest BCUT2D eigenvalue weighted by atomic mass is 9.82. The minimum atomic E-state index is -0.130. The van der Waals surface area contributed by atoms with Gasteiger partial charge in [-0.2, -0.15) is 0 Å². The van der Waals surface area contributed by atoms with Gasteiger partial charge < -0.3 is 9.32 Å². The Bertz CT molecular complexity index is 3400. The van der Waals surface area contributed by atoms with E-state index in [-0.39, 0.29) is 5.41 Å². The smallest absolute Gasteiger partial charge is 0.159 e. The first-order valence-electron chi connectivity index (χ1n) is 19.3. The molecule has 0 saturated heterocycles. The maximum Gasteiger partial charge on any atom is 0.159 e. The number of rotatable bonds is 4. The Labute approximate surface area is 328 Å². The van der Waals surface area contributed by atoms with E-state index < -0.39 is 0 Å². The minimum absolute atomic E-state index is 0.130. The van der Waals surface area contributed by atoms with Crippen LogP contribution in [-0.2, 0) is 5.41 Å². The van der Waals surface area contributed by atoms with Gasteiger partial charge in [0.2, 0.25) is 0 Å². The summed E-state index contributed by atoms with van der Waals surface area (Å²) >= 11 is 1.88. The number of fused-ring (bicyclic) bond motifs is 13. The second-order valence-electron chi connectivity index (χ2n) is 15.7. The van der Waals surface area contributed by atoms with Gasteiger partial charge in [-0.3, -0.25) is 0 Å². The molecule has 2 nitrogen and oxygen atoms in total. The molecule has 0 unspecified atom stereocenters. The average Bonchev–Trinajstić information content (AvgIpc) is 3.89. The van der Waals surface area contributed by atoms with E-state index in [1.807, 2.05) is 11.3 Å². The Balaban J connectivity index is 1.08. The Morgan fingerprint density at radius 3 is 2.09 bits per heavy atom. The fourth-order valence-corrected chi connectivity index (χ4v) is 10.7. The monoisotopic (exact) mass is 733 g/mol. The maximum atomic E-state index is 7.00. The van der Waals surface area contributed by atoms with Crippen molar-refractivity contribution in [2.75, 3.05) is 4.90 Å². The molecule has 2 aromatic heterocycles. The van der Waals surface area contributed by atoms with Crippen LogP contribution in [0.4, 0.5) is 17.1 Å². The predicted octanol–water partition coefficient (Wildman–Crippen LogP) is 15.7. The summed E-state index contributed by atoms with van der Waals surface area (Å²) in [6.45, 7) is 4.70. The summed E-state index contributed by atoms with van der Waals surface area (Å²) in [6, 6.07) is 64.5. The topological polar surface area (TPSA) is 16.4 Å². The quantitative estimate of drug-likeness (QED) is 0.179. The molecule has 12 rings (SSSR count). The van der Waals surface area contributed by atoms with E-state index >= 15 is 0 Å². The summed E-state index contributed by atoms with van der Waals surface area (Å²) in [7, 11) is 0. The van der Waals surface area contributed by atoms with Crippen LogP contribution in [0.1, 0.15) is 25.0 Å². The molecule has 0 radical (unpaired) electrons. The van der Waals surface area contributed by atoms with Crippen LogP contribution >= 0.6 is 11.3 Å². The molecule has 0 N–H and O–H groups in total. The van der Waals surface area contributed by atoms with E-state index in [0.29, 0.717) is 0 Å². The van der Waals surface area contributed by atoms with Crippen LogP contribution < -0.4 is 4.90 Å². The molecule has 1 aliphatic carbocycles. The lowest BCUT2D eigenvalue weighted by molar-refractivity contribution is 0.660. The van der Waals surface area contributed by atoms with Gasteiger partial charge >= 0.3 is 0 Å². The molecular formula is C53H35NOS. The molecule has 264 valence electrons. The van der Waals surface area contributed by atoms with Crippen LogP contribution in [-0.4, -0.2) is 0 Å². The lowest BCUT2D eigenvalue weighted by Crippen LogP contribution is -2.16. The third-order valence-corrected chi connectivity index (χ3v) is 13.4. The zero-order valence-corrected chi connectivity index (χ0v) is 31.8. The molecule has 0 amide bonds. The van der Waals surface area contributed by atoms with Crippen LogP contribution in [0.2, 0.25) is 0 Å². The largest absolute Gasteiger partial charge is 0.454 e. The summed E-state index contributed by atoms with van der Waals surface area (Å²) in [6.07, 6.45) is 0. The van der Waals surface area contributed by atoms with Crippen LogP contribution in [0.15, 0.2) is 180 Å². The molecule has 2 heterocycles. The first-order valence-corrected chi connectivity index (χ1v) is 20.1. The van der Waals surface area contributed by atoms with E-state index in [1.165, 1.54) is 80.5 Å². The Morgan fingerprint density at radius 1 is 0.482 bits per heavy atom. The normalized spacial score (nSPS) is 13.3. The van der Waals surface area contributed by atoms with Crippen molar-refractivity contribution < 1.29 is 4.42 Å². The average molecular weight is 734 g/mol. The third kappa shape index (κ3) is 4.49. The predicted molar refractivity (Wildman–Crippen MR) is 239 cm³/mol. The van der Waals surface area contributed by atoms with Crippen molar-refractivity contribution in [1.82, 2.24) is 0 Å². The highest BCUT2D eigenvalue weighted by molar-refractivity contribution is 7.27. The highest BCUT2D eigenvalue weighted by Gasteiger charge is 2.36. The summed E-state index contributed by atoms with van der Waals surface area (Å²) < 4.78 is 9.60. The standard InChI is InChI=1S/C53H35NOS/c1-53(2)44-16-8-7-14-40(44)41-27-25-38(31-45(41)53)54(37-23-20-33(21-24-37)36-19-18-32-10-3-4-12-35(32)30-36)46-17-9-15-42-49-47(55-51(42)46)28-29-48-50(49)43-26-22-34-11-5-6-13-39(34)52(43)56-48/h3-31H,1-2H3. The summed E-state index contributed by atoms with van der Waals surface area (Å²) in [5, 5.41) is 9.92. The van der Waals surface area contributed by atoms with Crippen LogP contribution in [0.5, 0.6) is 0 Å². The number of hydrogen-bond donors (Lipinski definition) is 0. The molecule has 0 spiro atoms. The van der Waals surface area contributed by atoms with Gasteiger partial charge in [-0.15, -0.1) is 11.3 Å². The molecule has 56 heavy (non-hydrogen) atoms. The van der Waals surface area contributed by atoms with Crippen LogP contribution in [0, 0.1) is 0 Å². The van der Waals surface area contributed by atoms with Crippen molar-refractivity contribution in [2.45, 2.75) is 19.3 Å². The van der Waals surface area contributed by atoms with Crippen molar-refractivity contribution >= 4 is 92.1 Å². The second-order valence-corrected chi connectivity index (χ2v) is 16.7. The number of nitrogens with zero attached hydrogens (tertiary/aromatic N) is 1. The molecule has 3 heteroatoms. The Hall–Kier alpha value is -6.68. The molecule has 0 atom stereocenters. The molecule has 11 aromatic rings. The summed E-state index contributed by atoms with van der Waals surface area (Å²) in [5.41, 5.74) is 12.6. The highest BCUT2D eigenvalue weighted by Crippen LogP contribution is 2.52. The number of furan rings is 1. The van der Waals surface area contributed by atoms with Gasteiger partial charge in [0.05, 0.1) is 5.69 Å². The fraction of sp³-hybridized carbons (Fsp3) is 0.0566. The van der Waals surface area contributed by atoms with Gasteiger partial charge in [0.25, 0.3) is 0 Å². The molecule has 0 saturated carbocycles. The lowest BCUT2D eigenvalue weighted by Gasteiger charge is -2.28. The zero-order valence-electron chi connectivity index (χ0n) is 31.0. The molecule has 0 bridgehead atoms. The molecule has 0 fully saturated rings. The molecule has 0 aliphatic heterocycles. The summed E-state index contributed by atoms with van der Waals surface area (Å²) in [5.74, 6) is 0. The Morgan fingerprint density at radius 2 is 1.20 bits per heavy atom. The van der Waals surface area contributed by atoms with Gasteiger partial charge in [0, 0.05) is 47.7 Å². The van der Waals surface area contributed by atoms with E-state index in [4.69, 9.17) is 4.42 Å². The van der Waals surface area contributed by atoms with E-state index in [0.717, 1.165) is 33.6 Å². The fourth-order valence-electron chi connectivity index (χ4n) is 9.47. The number of benzene rings is 9. The van der Waals surface area contributed by atoms with E-state index in [9.17, 15) is 0 Å².